The minimum atomic E-state index is -1.50. The summed E-state index contributed by atoms with van der Waals surface area (Å²) in [5, 5.41) is 13.3. The number of nitrogens with one attached hydrogen (secondary N) is 1. The highest BCUT2D eigenvalue weighted by molar-refractivity contribution is 5.89. The predicted molar refractivity (Wildman–Crippen MR) is 89.1 cm³/mol. The van der Waals surface area contributed by atoms with E-state index in [0.717, 1.165) is 5.39 Å². The van der Waals surface area contributed by atoms with Gasteiger partial charge in [-0.3, -0.25) is 4.79 Å². The third kappa shape index (κ3) is 3.07. The number of ether oxygens (including phenoxy) is 2. The van der Waals surface area contributed by atoms with E-state index in [1.54, 1.807) is 24.4 Å². The highest BCUT2D eigenvalue weighted by Gasteiger charge is 2.41. The monoisotopic (exact) mass is 343 g/mol. The molecule has 1 aromatic heterocycles. The number of aromatic nitrogens is 1. The number of pyridine rings is 1. The van der Waals surface area contributed by atoms with E-state index in [0.29, 0.717) is 29.0 Å². The molecule has 2 heterocycles. The second kappa shape index (κ2) is 6.93. The molecule has 0 bridgehead atoms. The van der Waals surface area contributed by atoms with Crippen molar-refractivity contribution in [1.82, 2.24) is 10.3 Å². The number of fused-ring (bicyclic) bond motifs is 1. The Morgan fingerprint density at radius 3 is 2.92 bits per heavy atom. The van der Waals surface area contributed by atoms with Crippen molar-refractivity contribution in [3.8, 4) is 17.7 Å². The van der Waals surface area contributed by atoms with Crippen LogP contribution in [0.1, 0.15) is 18.9 Å². The SMILES string of the molecule is CC[C@@H]1[C@H](F)C(=O)N[C@@H]1COc1nccc2cc(C#N)c(OC)cc12. The number of hydrogen-bond acceptors (Lipinski definition) is 5. The van der Waals surface area contributed by atoms with Crippen LogP contribution in [-0.4, -0.2) is 36.8 Å². The summed E-state index contributed by atoms with van der Waals surface area (Å²) in [5.41, 5.74) is 0.418. The van der Waals surface area contributed by atoms with Crippen LogP contribution in [-0.2, 0) is 4.79 Å². The van der Waals surface area contributed by atoms with Crippen molar-refractivity contribution >= 4 is 16.7 Å². The molecule has 6 nitrogen and oxygen atoms in total. The normalized spacial score (nSPS) is 22.5. The number of halogens is 1. The molecule has 1 aliphatic rings. The highest BCUT2D eigenvalue weighted by Crippen LogP contribution is 2.31. The number of amides is 1. The van der Waals surface area contributed by atoms with Gasteiger partial charge >= 0.3 is 0 Å². The lowest BCUT2D eigenvalue weighted by molar-refractivity contribution is -0.123. The molecule has 1 fully saturated rings. The predicted octanol–water partition coefficient (Wildman–Crippen LogP) is 2.36. The second-order valence-corrected chi connectivity index (χ2v) is 5.90. The highest BCUT2D eigenvalue weighted by atomic mass is 19.1. The zero-order valence-corrected chi connectivity index (χ0v) is 14.0. The fourth-order valence-corrected chi connectivity index (χ4v) is 3.14. The Kier molecular flexibility index (Phi) is 4.70. The molecule has 2 aromatic rings. The van der Waals surface area contributed by atoms with Gasteiger partial charge in [-0.2, -0.15) is 5.26 Å². The fraction of sp³-hybridized carbons (Fsp3) is 0.389. The van der Waals surface area contributed by atoms with Crippen molar-refractivity contribution in [3.63, 3.8) is 0 Å². The number of benzene rings is 1. The third-order valence-corrected chi connectivity index (χ3v) is 4.51. The van der Waals surface area contributed by atoms with E-state index in [9.17, 15) is 14.4 Å². The van der Waals surface area contributed by atoms with Crippen molar-refractivity contribution < 1.29 is 18.7 Å². The number of hydrogen-bond donors (Lipinski definition) is 1. The second-order valence-electron chi connectivity index (χ2n) is 5.90. The van der Waals surface area contributed by atoms with Gasteiger partial charge in [-0.05, 0) is 30.0 Å². The van der Waals surface area contributed by atoms with Crippen LogP contribution in [0.25, 0.3) is 10.8 Å². The van der Waals surface area contributed by atoms with Gasteiger partial charge in [-0.1, -0.05) is 6.92 Å². The van der Waals surface area contributed by atoms with E-state index in [-0.39, 0.29) is 6.61 Å². The van der Waals surface area contributed by atoms with Crippen molar-refractivity contribution in [2.24, 2.45) is 5.92 Å². The summed E-state index contributed by atoms with van der Waals surface area (Å²) in [5.74, 6) is -0.224. The molecule has 1 amide bonds. The van der Waals surface area contributed by atoms with Gasteiger partial charge in [-0.25, -0.2) is 9.37 Å². The first-order valence-electron chi connectivity index (χ1n) is 8.03. The third-order valence-electron chi connectivity index (χ3n) is 4.51. The van der Waals surface area contributed by atoms with Gasteiger partial charge in [0.1, 0.15) is 18.4 Å². The van der Waals surface area contributed by atoms with Crippen LogP contribution in [0.4, 0.5) is 4.39 Å². The molecule has 1 saturated heterocycles. The molecule has 1 N–H and O–H groups in total. The Morgan fingerprint density at radius 1 is 1.44 bits per heavy atom. The number of nitrogens with zero attached hydrogens (tertiary/aromatic N) is 2. The van der Waals surface area contributed by atoms with E-state index in [2.05, 4.69) is 16.4 Å². The van der Waals surface area contributed by atoms with Crippen LogP contribution in [0.2, 0.25) is 0 Å². The average Bonchev–Trinajstić information content (AvgIpc) is 2.91. The zero-order valence-electron chi connectivity index (χ0n) is 14.0. The summed E-state index contributed by atoms with van der Waals surface area (Å²) in [6.45, 7) is 1.97. The van der Waals surface area contributed by atoms with Crippen LogP contribution in [0.5, 0.6) is 11.6 Å². The van der Waals surface area contributed by atoms with Crippen LogP contribution >= 0.6 is 0 Å². The Hall–Kier alpha value is -2.88. The summed E-state index contributed by atoms with van der Waals surface area (Å²) in [6.07, 6.45) is 0.613. The molecule has 25 heavy (non-hydrogen) atoms. The van der Waals surface area contributed by atoms with Crippen molar-refractivity contribution in [2.75, 3.05) is 13.7 Å². The minimum Gasteiger partial charge on any atom is -0.495 e. The quantitative estimate of drug-likeness (QED) is 0.901. The first-order chi connectivity index (χ1) is 12.1. The molecule has 1 aliphatic heterocycles. The number of nitriles is 1. The van der Waals surface area contributed by atoms with Gasteiger partial charge in [-0.15, -0.1) is 0 Å². The maximum atomic E-state index is 13.9. The van der Waals surface area contributed by atoms with E-state index >= 15 is 0 Å². The summed E-state index contributed by atoms with van der Waals surface area (Å²) in [4.78, 5) is 15.7. The number of rotatable bonds is 5. The summed E-state index contributed by atoms with van der Waals surface area (Å²) >= 11 is 0. The largest absolute Gasteiger partial charge is 0.495 e. The van der Waals surface area contributed by atoms with Crippen molar-refractivity contribution in [3.05, 3.63) is 30.0 Å². The molecule has 1 aromatic carbocycles. The Balaban J connectivity index is 1.87. The molecule has 130 valence electrons. The Labute approximate surface area is 144 Å². The smallest absolute Gasteiger partial charge is 0.255 e. The van der Waals surface area contributed by atoms with Gasteiger partial charge in [0.25, 0.3) is 5.91 Å². The average molecular weight is 343 g/mol. The van der Waals surface area contributed by atoms with Crippen LogP contribution in [0.3, 0.4) is 0 Å². The maximum absolute atomic E-state index is 13.9. The molecule has 0 unspecified atom stereocenters. The van der Waals surface area contributed by atoms with E-state index < -0.39 is 24.0 Å². The minimum absolute atomic E-state index is 0.124. The number of carbonyl (C=O) groups is 1. The van der Waals surface area contributed by atoms with Crippen LogP contribution < -0.4 is 14.8 Å². The molecular weight excluding hydrogens is 325 g/mol. The van der Waals surface area contributed by atoms with Crippen LogP contribution in [0, 0.1) is 17.2 Å². The summed E-state index contributed by atoms with van der Waals surface area (Å²) in [7, 11) is 1.49. The van der Waals surface area contributed by atoms with Gasteiger partial charge in [0, 0.05) is 17.5 Å². The lowest BCUT2D eigenvalue weighted by Crippen LogP contribution is -2.34. The lowest BCUT2D eigenvalue weighted by atomic mass is 9.97. The molecule has 3 atom stereocenters. The lowest BCUT2D eigenvalue weighted by Gasteiger charge is -2.18. The molecule has 7 heteroatoms. The van der Waals surface area contributed by atoms with Gasteiger partial charge in [0.2, 0.25) is 5.88 Å². The topological polar surface area (TPSA) is 84.2 Å². The molecule has 3 rings (SSSR count). The number of carbonyl (C=O) groups excluding carboxylic acids is 1. The maximum Gasteiger partial charge on any atom is 0.255 e. The standard InChI is InChI=1S/C18H18FN3O3/c1-3-12-14(22-17(23)16(12)19)9-25-18-13-7-15(24-2)11(8-20)6-10(13)4-5-21-18/h4-7,12,14,16H,3,9H2,1-2H3,(H,22,23)/t12-,14+,16-/m0/s1. The molecule has 0 aliphatic carbocycles. The summed E-state index contributed by atoms with van der Waals surface area (Å²) in [6, 6.07) is 6.85. The van der Waals surface area contributed by atoms with E-state index in [1.165, 1.54) is 7.11 Å². The van der Waals surface area contributed by atoms with Gasteiger partial charge in [0.05, 0.1) is 18.7 Å². The van der Waals surface area contributed by atoms with Gasteiger partial charge < -0.3 is 14.8 Å². The zero-order chi connectivity index (χ0) is 18.0. The first-order valence-corrected chi connectivity index (χ1v) is 8.03. The molecule has 0 radical (unpaired) electrons. The Morgan fingerprint density at radius 2 is 2.24 bits per heavy atom. The van der Waals surface area contributed by atoms with Crippen molar-refractivity contribution in [2.45, 2.75) is 25.6 Å². The molecule has 0 spiro atoms. The number of alkyl halides is 1. The van der Waals surface area contributed by atoms with Gasteiger partial charge in [0.15, 0.2) is 6.17 Å². The molecular formula is C18H18FN3O3. The number of methoxy groups -OCH3 is 1. The molecule has 0 saturated carbocycles. The first kappa shape index (κ1) is 17.0. The summed E-state index contributed by atoms with van der Waals surface area (Å²) < 4.78 is 24.9. The van der Waals surface area contributed by atoms with Crippen LogP contribution in [0.15, 0.2) is 24.4 Å². The van der Waals surface area contributed by atoms with E-state index in [4.69, 9.17) is 9.47 Å². The van der Waals surface area contributed by atoms with Crippen molar-refractivity contribution in [1.29, 1.82) is 5.26 Å². The fourth-order valence-electron chi connectivity index (χ4n) is 3.14. The van der Waals surface area contributed by atoms with E-state index in [1.807, 2.05) is 6.92 Å². The Bertz CT molecular complexity index is 849.